The third-order valence-electron chi connectivity index (χ3n) is 3.68. The Kier molecular flexibility index (Phi) is 4.59. The number of rotatable bonds is 4. The van der Waals surface area contributed by atoms with Gasteiger partial charge >= 0.3 is 0 Å². The van der Waals surface area contributed by atoms with Gasteiger partial charge in [-0.05, 0) is 37.3 Å². The lowest BCUT2D eigenvalue weighted by Crippen LogP contribution is -2.42. The second-order valence-corrected chi connectivity index (χ2v) is 5.76. The van der Waals surface area contributed by atoms with E-state index in [9.17, 15) is 4.79 Å². The summed E-state index contributed by atoms with van der Waals surface area (Å²) < 4.78 is 0. The van der Waals surface area contributed by atoms with Crippen molar-refractivity contribution in [2.45, 2.75) is 46.2 Å². The lowest BCUT2D eigenvalue weighted by atomic mass is 10.1. The van der Waals surface area contributed by atoms with Crippen molar-refractivity contribution in [3.05, 3.63) is 29.8 Å². The summed E-state index contributed by atoms with van der Waals surface area (Å²) in [5.74, 6) is 0.876. The topological polar surface area (TPSA) is 32.3 Å². The van der Waals surface area contributed by atoms with E-state index in [0.29, 0.717) is 5.92 Å². The Morgan fingerprint density at radius 3 is 2.84 bits per heavy atom. The van der Waals surface area contributed by atoms with Crippen LogP contribution in [0.3, 0.4) is 0 Å². The number of anilines is 1. The minimum absolute atomic E-state index is 0.105. The molecule has 1 N–H and O–H groups in total. The number of nitrogens with one attached hydrogen (secondary N) is 1. The molecule has 0 radical (unpaired) electrons. The van der Waals surface area contributed by atoms with Crippen molar-refractivity contribution < 1.29 is 4.79 Å². The van der Waals surface area contributed by atoms with Crippen molar-refractivity contribution in [1.82, 2.24) is 5.32 Å². The van der Waals surface area contributed by atoms with E-state index in [1.807, 2.05) is 24.0 Å². The summed E-state index contributed by atoms with van der Waals surface area (Å²) in [5, 5.41) is 3.29. The summed E-state index contributed by atoms with van der Waals surface area (Å²) in [6, 6.07) is 8.10. The molecule has 0 saturated carbocycles. The summed E-state index contributed by atoms with van der Waals surface area (Å²) in [7, 11) is 0. The minimum Gasteiger partial charge on any atom is -0.311 e. The SMILES string of the molecule is CC(C)CCCN1C(=O)C(C)NCc2ccccc21. The van der Waals surface area contributed by atoms with E-state index in [4.69, 9.17) is 0 Å². The molecule has 1 aliphatic heterocycles. The second-order valence-electron chi connectivity index (χ2n) is 5.76. The first-order valence-corrected chi connectivity index (χ1v) is 7.22. The number of carbonyl (C=O) groups is 1. The van der Waals surface area contributed by atoms with Crippen molar-refractivity contribution in [3.63, 3.8) is 0 Å². The van der Waals surface area contributed by atoms with Crippen molar-refractivity contribution in [1.29, 1.82) is 0 Å². The Hall–Kier alpha value is -1.35. The van der Waals surface area contributed by atoms with Crippen LogP contribution in [0.15, 0.2) is 24.3 Å². The maximum absolute atomic E-state index is 12.4. The van der Waals surface area contributed by atoms with Gasteiger partial charge in [-0.3, -0.25) is 4.79 Å². The number of hydrogen-bond donors (Lipinski definition) is 1. The summed E-state index contributed by atoms with van der Waals surface area (Å²) in [4.78, 5) is 14.4. The van der Waals surface area contributed by atoms with Crippen LogP contribution in [0, 0.1) is 5.92 Å². The summed E-state index contributed by atoms with van der Waals surface area (Å²) in [6.45, 7) is 7.98. The monoisotopic (exact) mass is 260 g/mol. The quantitative estimate of drug-likeness (QED) is 0.902. The Labute approximate surface area is 116 Å². The van der Waals surface area contributed by atoms with Gasteiger partial charge < -0.3 is 10.2 Å². The molecule has 3 nitrogen and oxygen atoms in total. The highest BCUT2D eigenvalue weighted by Gasteiger charge is 2.26. The largest absolute Gasteiger partial charge is 0.311 e. The fourth-order valence-electron chi connectivity index (χ4n) is 2.51. The van der Waals surface area contributed by atoms with Crippen molar-refractivity contribution in [2.24, 2.45) is 5.92 Å². The Balaban J connectivity index is 2.18. The molecule has 0 bridgehead atoms. The maximum atomic E-state index is 12.4. The number of nitrogens with zero attached hydrogens (tertiary/aromatic N) is 1. The van der Waals surface area contributed by atoms with Gasteiger partial charge in [0.15, 0.2) is 0 Å². The normalized spacial score (nSPS) is 19.5. The molecule has 19 heavy (non-hydrogen) atoms. The fraction of sp³-hybridized carbons (Fsp3) is 0.562. The van der Waals surface area contributed by atoms with Gasteiger partial charge in [0.1, 0.15) is 0 Å². The number of hydrogen-bond acceptors (Lipinski definition) is 2. The van der Waals surface area contributed by atoms with Gasteiger partial charge in [-0.15, -0.1) is 0 Å². The number of benzene rings is 1. The van der Waals surface area contributed by atoms with E-state index >= 15 is 0 Å². The Bertz CT molecular complexity index is 442. The molecule has 0 saturated heterocycles. The van der Waals surface area contributed by atoms with Gasteiger partial charge in [-0.2, -0.15) is 0 Å². The molecule has 1 aromatic rings. The summed E-state index contributed by atoms with van der Waals surface area (Å²) in [6.07, 6.45) is 2.22. The molecule has 1 amide bonds. The van der Waals surface area contributed by atoms with Crippen LogP contribution < -0.4 is 10.2 Å². The van der Waals surface area contributed by atoms with Crippen molar-refractivity contribution >= 4 is 11.6 Å². The van der Waals surface area contributed by atoms with Crippen LogP contribution in [0.1, 0.15) is 39.2 Å². The zero-order valence-corrected chi connectivity index (χ0v) is 12.1. The number of amides is 1. The first-order chi connectivity index (χ1) is 9.09. The van der Waals surface area contributed by atoms with Gasteiger partial charge in [0.2, 0.25) is 5.91 Å². The van der Waals surface area contributed by atoms with Crippen LogP contribution >= 0.6 is 0 Å². The molecule has 1 heterocycles. The predicted molar refractivity (Wildman–Crippen MR) is 79.2 cm³/mol. The highest BCUT2D eigenvalue weighted by Crippen LogP contribution is 2.24. The average Bonchev–Trinajstić information content (AvgIpc) is 2.51. The van der Waals surface area contributed by atoms with Crippen LogP contribution in [0.25, 0.3) is 0 Å². The van der Waals surface area contributed by atoms with Crippen LogP contribution in [-0.4, -0.2) is 18.5 Å². The maximum Gasteiger partial charge on any atom is 0.243 e. The van der Waals surface area contributed by atoms with E-state index in [2.05, 4.69) is 31.3 Å². The second kappa shape index (κ2) is 6.20. The molecule has 0 spiro atoms. The highest BCUT2D eigenvalue weighted by molar-refractivity contribution is 5.98. The number of fused-ring (bicyclic) bond motifs is 1. The molecule has 1 atom stereocenters. The third kappa shape index (κ3) is 3.35. The van der Waals surface area contributed by atoms with Crippen LogP contribution in [0.2, 0.25) is 0 Å². The van der Waals surface area contributed by atoms with Gasteiger partial charge in [-0.1, -0.05) is 32.0 Å². The van der Waals surface area contributed by atoms with E-state index in [-0.39, 0.29) is 11.9 Å². The lowest BCUT2D eigenvalue weighted by Gasteiger charge is -2.24. The molecule has 104 valence electrons. The number of carbonyl (C=O) groups excluding carboxylic acids is 1. The Morgan fingerprint density at radius 1 is 1.37 bits per heavy atom. The third-order valence-corrected chi connectivity index (χ3v) is 3.68. The predicted octanol–water partition coefficient (Wildman–Crippen LogP) is 2.95. The minimum atomic E-state index is -0.105. The smallest absolute Gasteiger partial charge is 0.243 e. The molecular formula is C16H24N2O. The molecule has 0 aliphatic carbocycles. The van der Waals surface area contributed by atoms with Crippen molar-refractivity contribution in [2.75, 3.05) is 11.4 Å². The zero-order chi connectivity index (χ0) is 13.8. The molecule has 3 heteroatoms. The standard InChI is InChI=1S/C16H24N2O/c1-12(2)7-6-10-18-15-9-5-4-8-14(15)11-17-13(3)16(18)19/h4-5,8-9,12-13,17H,6-7,10-11H2,1-3H3. The Morgan fingerprint density at radius 2 is 2.11 bits per heavy atom. The molecule has 1 unspecified atom stereocenters. The van der Waals surface area contributed by atoms with Gasteiger partial charge in [0.05, 0.1) is 6.04 Å². The molecule has 2 rings (SSSR count). The van der Waals surface area contributed by atoms with E-state index in [1.54, 1.807) is 0 Å². The van der Waals surface area contributed by atoms with Gasteiger partial charge in [-0.25, -0.2) is 0 Å². The molecule has 1 aromatic carbocycles. The number of para-hydroxylation sites is 1. The molecule has 0 aromatic heterocycles. The average molecular weight is 260 g/mol. The first kappa shape index (κ1) is 14.1. The van der Waals surface area contributed by atoms with Gasteiger partial charge in [0.25, 0.3) is 0 Å². The zero-order valence-electron chi connectivity index (χ0n) is 12.1. The fourth-order valence-corrected chi connectivity index (χ4v) is 2.51. The van der Waals surface area contributed by atoms with Crippen LogP contribution in [-0.2, 0) is 11.3 Å². The van der Waals surface area contributed by atoms with Gasteiger partial charge in [0, 0.05) is 18.8 Å². The highest BCUT2D eigenvalue weighted by atomic mass is 16.2. The van der Waals surface area contributed by atoms with Crippen molar-refractivity contribution in [3.8, 4) is 0 Å². The van der Waals surface area contributed by atoms with Crippen LogP contribution in [0.5, 0.6) is 0 Å². The summed E-state index contributed by atoms with van der Waals surface area (Å²) in [5.41, 5.74) is 2.29. The van der Waals surface area contributed by atoms with E-state index in [1.165, 1.54) is 5.56 Å². The first-order valence-electron chi connectivity index (χ1n) is 7.22. The van der Waals surface area contributed by atoms with Crippen LogP contribution in [0.4, 0.5) is 5.69 Å². The lowest BCUT2D eigenvalue weighted by molar-refractivity contribution is -0.120. The molecule has 0 fully saturated rings. The molecule has 1 aliphatic rings. The summed E-state index contributed by atoms with van der Waals surface area (Å²) >= 11 is 0. The molecular weight excluding hydrogens is 236 g/mol. The van der Waals surface area contributed by atoms with E-state index < -0.39 is 0 Å². The van der Waals surface area contributed by atoms with E-state index in [0.717, 1.165) is 31.6 Å².